The first-order valence-electron chi connectivity index (χ1n) is 8.18. The number of halogens is 1. The van der Waals surface area contributed by atoms with E-state index in [0.717, 1.165) is 62.8 Å². The Balaban J connectivity index is 1.33. The SMILES string of the molecule is Brc1cc2c(cc1CSc1nnc(NCC3CCCO3)s1)OCCO2. The molecular formula is C16H18BrN3O3S2. The molecule has 25 heavy (non-hydrogen) atoms. The van der Waals surface area contributed by atoms with Gasteiger partial charge in [-0.1, -0.05) is 39.0 Å². The number of anilines is 1. The monoisotopic (exact) mass is 443 g/mol. The first kappa shape index (κ1) is 17.4. The maximum absolute atomic E-state index is 5.65. The molecule has 3 heterocycles. The molecule has 0 aliphatic carbocycles. The number of hydrogen-bond donors (Lipinski definition) is 1. The summed E-state index contributed by atoms with van der Waals surface area (Å²) in [5, 5.41) is 12.6. The Kier molecular flexibility index (Phi) is 5.64. The molecule has 9 heteroatoms. The van der Waals surface area contributed by atoms with Crippen LogP contribution in [0.15, 0.2) is 20.9 Å². The lowest BCUT2D eigenvalue weighted by Crippen LogP contribution is -2.18. The minimum absolute atomic E-state index is 0.300. The van der Waals surface area contributed by atoms with E-state index in [1.165, 1.54) is 0 Å². The third-order valence-electron chi connectivity index (χ3n) is 3.97. The van der Waals surface area contributed by atoms with E-state index in [4.69, 9.17) is 14.2 Å². The molecule has 134 valence electrons. The third-order valence-corrected chi connectivity index (χ3v) is 6.78. The van der Waals surface area contributed by atoms with Crippen molar-refractivity contribution in [2.45, 2.75) is 29.0 Å². The molecule has 0 saturated carbocycles. The second kappa shape index (κ2) is 8.11. The van der Waals surface area contributed by atoms with Gasteiger partial charge in [0.1, 0.15) is 13.2 Å². The smallest absolute Gasteiger partial charge is 0.206 e. The van der Waals surface area contributed by atoms with Gasteiger partial charge >= 0.3 is 0 Å². The molecular weight excluding hydrogens is 426 g/mol. The van der Waals surface area contributed by atoms with Crippen LogP contribution < -0.4 is 14.8 Å². The Labute approximate surface area is 162 Å². The number of fused-ring (bicyclic) bond motifs is 1. The average molecular weight is 444 g/mol. The van der Waals surface area contributed by atoms with Gasteiger partial charge in [-0.15, -0.1) is 10.2 Å². The largest absolute Gasteiger partial charge is 0.486 e. The molecule has 1 N–H and O–H groups in total. The summed E-state index contributed by atoms with van der Waals surface area (Å²) in [6, 6.07) is 4.00. The molecule has 4 rings (SSSR count). The van der Waals surface area contributed by atoms with Crippen LogP contribution in [0.4, 0.5) is 5.13 Å². The zero-order valence-corrected chi connectivity index (χ0v) is 16.7. The number of hydrogen-bond acceptors (Lipinski definition) is 8. The van der Waals surface area contributed by atoms with Gasteiger partial charge in [-0.05, 0) is 30.5 Å². The number of nitrogens with zero attached hydrogens (tertiary/aromatic N) is 2. The van der Waals surface area contributed by atoms with Gasteiger partial charge in [0.25, 0.3) is 0 Å². The Morgan fingerprint density at radius 1 is 1.20 bits per heavy atom. The summed E-state index contributed by atoms with van der Waals surface area (Å²) < 4.78 is 18.8. The van der Waals surface area contributed by atoms with Crippen LogP contribution in [-0.4, -0.2) is 42.7 Å². The van der Waals surface area contributed by atoms with Crippen molar-refractivity contribution >= 4 is 44.2 Å². The summed E-state index contributed by atoms with van der Waals surface area (Å²) in [4.78, 5) is 0. The fourth-order valence-electron chi connectivity index (χ4n) is 2.70. The molecule has 2 aromatic rings. The van der Waals surface area contributed by atoms with Crippen LogP contribution >= 0.6 is 39.0 Å². The van der Waals surface area contributed by atoms with Crippen LogP contribution in [0.3, 0.4) is 0 Å². The fourth-order valence-corrected chi connectivity index (χ4v) is 5.10. The lowest BCUT2D eigenvalue weighted by atomic mass is 10.2. The average Bonchev–Trinajstić information content (AvgIpc) is 3.30. The first-order chi connectivity index (χ1) is 12.3. The molecule has 0 radical (unpaired) electrons. The van der Waals surface area contributed by atoms with Gasteiger partial charge in [-0.3, -0.25) is 0 Å². The van der Waals surface area contributed by atoms with Crippen LogP contribution in [0.25, 0.3) is 0 Å². The van der Waals surface area contributed by atoms with E-state index in [2.05, 4.69) is 31.4 Å². The predicted molar refractivity (Wildman–Crippen MR) is 102 cm³/mol. The molecule has 2 aliphatic rings. The highest BCUT2D eigenvalue weighted by Gasteiger charge is 2.17. The van der Waals surface area contributed by atoms with Crippen LogP contribution in [0.5, 0.6) is 11.5 Å². The molecule has 1 atom stereocenters. The Hall–Kier alpha value is -1.03. The van der Waals surface area contributed by atoms with Crippen molar-refractivity contribution in [2.24, 2.45) is 0 Å². The Morgan fingerprint density at radius 2 is 2.04 bits per heavy atom. The first-order valence-corrected chi connectivity index (χ1v) is 10.8. The van der Waals surface area contributed by atoms with Crippen LogP contribution in [-0.2, 0) is 10.5 Å². The maximum Gasteiger partial charge on any atom is 0.206 e. The lowest BCUT2D eigenvalue weighted by molar-refractivity contribution is 0.120. The maximum atomic E-state index is 5.65. The summed E-state index contributed by atoms with van der Waals surface area (Å²) in [5.74, 6) is 2.39. The van der Waals surface area contributed by atoms with Gasteiger partial charge in [0, 0.05) is 23.4 Å². The van der Waals surface area contributed by atoms with Gasteiger partial charge in [0.05, 0.1) is 6.10 Å². The molecule has 1 aromatic heterocycles. The molecule has 1 aromatic carbocycles. The van der Waals surface area contributed by atoms with Crippen molar-refractivity contribution in [3.05, 3.63) is 22.2 Å². The lowest BCUT2D eigenvalue weighted by Gasteiger charge is -2.19. The van der Waals surface area contributed by atoms with E-state index in [1.54, 1.807) is 23.1 Å². The third kappa shape index (κ3) is 4.39. The van der Waals surface area contributed by atoms with Crippen LogP contribution in [0.1, 0.15) is 18.4 Å². The fraction of sp³-hybridized carbons (Fsp3) is 0.500. The predicted octanol–water partition coefficient (Wildman–Crippen LogP) is 3.96. The molecule has 2 aliphatic heterocycles. The minimum Gasteiger partial charge on any atom is -0.486 e. The quantitative estimate of drug-likeness (QED) is 0.677. The standard InChI is InChI=1S/C16H18BrN3O3S2/c17-12-7-14-13(22-4-5-23-14)6-10(12)9-24-16-20-19-15(25-16)18-8-11-2-1-3-21-11/h6-7,11H,1-5,8-9H2,(H,18,19). The summed E-state index contributed by atoms with van der Waals surface area (Å²) >= 11 is 6.85. The molecule has 6 nitrogen and oxygen atoms in total. The molecule has 0 spiro atoms. The van der Waals surface area contributed by atoms with E-state index >= 15 is 0 Å². The van der Waals surface area contributed by atoms with E-state index in [0.29, 0.717) is 19.3 Å². The van der Waals surface area contributed by atoms with Crippen LogP contribution in [0, 0.1) is 0 Å². The van der Waals surface area contributed by atoms with Gasteiger partial charge in [0.2, 0.25) is 5.13 Å². The van der Waals surface area contributed by atoms with Crippen molar-refractivity contribution in [1.29, 1.82) is 0 Å². The van der Waals surface area contributed by atoms with Gasteiger partial charge in [0.15, 0.2) is 15.8 Å². The van der Waals surface area contributed by atoms with Crippen molar-refractivity contribution in [1.82, 2.24) is 10.2 Å². The van der Waals surface area contributed by atoms with E-state index in [9.17, 15) is 0 Å². The highest BCUT2D eigenvalue weighted by Crippen LogP contribution is 2.38. The summed E-state index contributed by atoms with van der Waals surface area (Å²) in [7, 11) is 0. The zero-order valence-electron chi connectivity index (χ0n) is 13.5. The topological polar surface area (TPSA) is 65.5 Å². The number of rotatable bonds is 6. The van der Waals surface area contributed by atoms with Gasteiger partial charge in [-0.25, -0.2) is 0 Å². The molecule has 1 unspecified atom stereocenters. The number of benzene rings is 1. The summed E-state index contributed by atoms with van der Waals surface area (Å²) in [5.41, 5.74) is 1.15. The highest BCUT2D eigenvalue weighted by atomic mass is 79.9. The molecule has 1 fully saturated rings. The van der Waals surface area contributed by atoms with E-state index in [-0.39, 0.29) is 0 Å². The van der Waals surface area contributed by atoms with Crippen molar-refractivity contribution in [3.63, 3.8) is 0 Å². The highest BCUT2D eigenvalue weighted by molar-refractivity contribution is 9.10. The van der Waals surface area contributed by atoms with E-state index < -0.39 is 0 Å². The summed E-state index contributed by atoms with van der Waals surface area (Å²) in [6.07, 6.45) is 2.56. The molecule has 0 bridgehead atoms. The normalized spacial score (nSPS) is 19.2. The van der Waals surface area contributed by atoms with Crippen molar-refractivity contribution in [3.8, 4) is 11.5 Å². The number of thioether (sulfide) groups is 1. The number of aromatic nitrogens is 2. The molecule has 0 amide bonds. The van der Waals surface area contributed by atoms with Gasteiger partial charge in [-0.2, -0.15) is 0 Å². The second-order valence-corrected chi connectivity index (χ2v) is 8.82. The van der Waals surface area contributed by atoms with E-state index in [1.807, 2.05) is 12.1 Å². The van der Waals surface area contributed by atoms with Crippen molar-refractivity contribution < 1.29 is 14.2 Å². The Bertz CT molecular complexity index is 737. The molecule has 1 saturated heterocycles. The number of nitrogens with one attached hydrogen (secondary N) is 1. The Morgan fingerprint density at radius 3 is 2.84 bits per heavy atom. The zero-order chi connectivity index (χ0) is 17.1. The minimum atomic E-state index is 0.300. The number of ether oxygens (including phenoxy) is 3. The summed E-state index contributed by atoms with van der Waals surface area (Å²) in [6.45, 7) is 2.86. The van der Waals surface area contributed by atoms with Crippen molar-refractivity contribution in [2.75, 3.05) is 31.7 Å². The second-order valence-electron chi connectivity index (χ2n) is 5.77. The van der Waals surface area contributed by atoms with Gasteiger partial charge < -0.3 is 19.5 Å². The van der Waals surface area contributed by atoms with Crippen LogP contribution in [0.2, 0.25) is 0 Å².